The summed E-state index contributed by atoms with van der Waals surface area (Å²) in [5.41, 5.74) is 3.81. The number of nitrogens with one attached hydrogen (secondary N) is 2. The van der Waals surface area contributed by atoms with Gasteiger partial charge in [-0.2, -0.15) is 5.10 Å². The molecule has 0 saturated carbocycles. The van der Waals surface area contributed by atoms with Gasteiger partial charge in [0.2, 0.25) is 11.8 Å². The van der Waals surface area contributed by atoms with Crippen molar-refractivity contribution in [2.75, 3.05) is 11.4 Å². The lowest BCUT2D eigenvalue weighted by molar-refractivity contribution is -0.121. The summed E-state index contributed by atoms with van der Waals surface area (Å²) in [5, 5.41) is 10.7. The number of carbonyl (C=O) groups excluding carboxylic acids is 2. The lowest BCUT2D eigenvalue weighted by Gasteiger charge is -2.17. The highest BCUT2D eigenvalue weighted by Gasteiger charge is 2.31. The van der Waals surface area contributed by atoms with E-state index in [2.05, 4.69) is 15.5 Å². The van der Waals surface area contributed by atoms with Crippen LogP contribution >= 0.6 is 11.6 Å². The molecule has 7 heteroatoms. The second-order valence-electron chi connectivity index (χ2n) is 6.36. The van der Waals surface area contributed by atoms with Gasteiger partial charge in [-0.25, -0.2) is 0 Å². The number of H-pyrrole nitrogens is 1. The predicted molar refractivity (Wildman–Crippen MR) is 96.7 cm³/mol. The van der Waals surface area contributed by atoms with Crippen LogP contribution in [0.4, 0.5) is 5.69 Å². The van der Waals surface area contributed by atoms with Crippen molar-refractivity contribution in [1.29, 1.82) is 0 Å². The van der Waals surface area contributed by atoms with Crippen LogP contribution in [-0.4, -0.2) is 34.6 Å². The van der Waals surface area contributed by atoms with Crippen molar-refractivity contribution in [2.24, 2.45) is 0 Å². The minimum Gasteiger partial charge on any atom is -0.351 e. The number of aromatic nitrogens is 2. The molecule has 0 unspecified atom stereocenters. The van der Waals surface area contributed by atoms with Crippen molar-refractivity contribution >= 4 is 29.1 Å². The second-order valence-corrected chi connectivity index (χ2v) is 6.80. The monoisotopic (exact) mass is 360 g/mol. The molecule has 2 amide bonds. The van der Waals surface area contributed by atoms with E-state index in [1.54, 1.807) is 17.0 Å². The van der Waals surface area contributed by atoms with Crippen LogP contribution in [0, 0.1) is 13.8 Å². The molecule has 2 aromatic rings. The summed E-state index contributed by atoms with van der Waals surface area (Å²) in [4.78, 5) is 26.1. The molecule has 1 aliphatic rings. The highest BCUT2D eigenvalue weighted by atomic mass is 35.5. The number of aryl methyl sites for hydroxylation is 2. The van der Waals surface area contributed by atoms with Crippen LogP contribution < -0.4 is 10.2 Å². The van der Waals surface area contributed by atoms with E-state index < -0.39 is 0 Å². The average Bonchev–Trinajstić information content (AvgIpc) is 3.09. The molecule has 1 atom stereocenters. The first-order valence-corrected chi connectivity index (χ1v) is 8.67. The zero-order valence-electron chi connectivity index (χ0n) is 14.3. The van der Waals surface area contributed by atoms with Gasteiger partial charge >= 0.3 is 0 Å². The summed E-state index contributed by atoms with van der Waals surface area (Å²) in [6, 6.07) is 6.98. The first kappa shape index (κ1) is 17.5. The normalized spacial score (nSPS) is 17.2. The summed E-state index contributed by atoms with van der Waals surface area (Å²) < 4.78 is 0. The maximum atomic E-state index is 12.2. The van der Waals surface area contributed by atoms with Gasteiger partial charge in [0.15, 0.2) is 0 Å². The minimum absolute atomic E-state index is 0.00847. The highest BCUT2D eigenvalue weighted by molar-refractivity contribution is 6.30. The van der Waals surface area contributed by atoms with Crippen molar-refractivity contribution in [3.63, 3.8) is 0 Å². The van der Waals surface area contributed by atoms with Gasteiger partial charge in [-0.05, 0) is 50.1 Å². The number of anilines is 1. The van der Waals surface area contributed by atoms with E-state index in [0.29, 0.717) is 30.8 Å². The van der Waals surface area contributed by atoms with Gasteiger partial charge in [-0.3, -0.25) is 14.7 Å². The molecular weight excluding hydrogens is 340 g/mol. The van der Waals surface area contributed by atoms with Gasteiger partial charge < -0.3 is 10.2 Å². The largest absolute Gasteiger partial charge is 0.351 e. The van der Waals surface area contributed by atoms with E-state index in [9.17, 15) is 9.59 Å². The molecule has 2 N–H and O–H groups in total. The highest BCUT2D eigenvalue weighted by Crippen LogP contribution is 2.23. The Labute approximate surface area is 151 Å². The molecule has 1 saturated heterocycles. The third kappa shape index (κ3) is 4.02. The number of halogens is 1. The van der Waals surface area contributed by atoms with Crippen LogP contribution in [-0.2, 0) is 16.0 Å². The van der Waals surface area contributed by atoms with E-state index >= 15 is 0 Å². The number of hydrogen-bond donors (Lipinski definition) is 2. The quantitative estimate of drug-likeness (QED) is 0.860. The van der Waals surface area contributed by atoms with Crippen molar-refractivity contribution in [3.05, 3.63) is 46.2 Å². The molecule has 6 nitrogen and oxygen atoms in total. The van der Waals surface area contributed by atoms with Crippen LogP contribution in [0.2, 0.25) is 5.02 Å². The molecule has 0 radical (unpaired) electrons. The predicted octanol–water partition coefficient (Wildman–Crippen LogP) is 2.53. The van der Waals surface area contributed by atoms with E-state index in [0.717, 1.165) is 22.6 Å². The van der Waals surface area contributed by atoms with E-state index in [1.807, 2.05) is 26.0 Å². The molecule has 1 aromatic carbocycles. The lowest BCUT2D eigenvalue weighted by atomic mass is 10.1. The molecule has 25 heavy (non-hydrogen) atoms. The fourth-order valence-electron chi connectivity index (χ4n) is 3.16. The summed E-state index contributed by atoms with van der Waals surface area (Å²) in [6.45, 7) is 4.36. The summed E-state index contributed by atoms with van der Waals surface area (Å²) in [5.74, 6) is -0.0371. The average molecular weight is 361 g/mol. The van der Waals surface area contributed by atoms with E-state index in [1.165, 1.54) is 0 Å². The van der Waals surface area contributed by atoms with Gasteiger partial charge in [0.25, 0.3) is 0 Å². The Morgan fingerprint density at radius 1 is 1.36 bits per heavy atom. The van der Waals surface area contributed by atoms with E-state index in [4.69, 9.17) is 11.6 Å². The van der Waals surface area contributed by atoms with Crippen LogP contribution in [0.25, 0.3) is 0 Å². The Balaban J connectivity index is 1.54. The van der Waals surface area contributed by atoms with Crippen molar-refractivity contribution in [2.45, 2.75) is 39.2 Å². The van der Waals surface area contributed by atoms with Crippen molar-refractivity contribution in [3.8, 4) is 0 Å². The molecule has 132 valence electrons. The first-order chi connectivity index (χ1) is 11.9. The summed E-state index contributed by atoms with van der Waals surface area (Å²) in [6.07, 6.45) is 1.34. The molecule has 0 bridgehead atoms. The Morgan fingerprint density at radius 2 is 2.08 bits per heavy atom. The number of amides is 2. The zero-order chi connectivity index (χ0) is 18.0. The molecule has 1 aromatic heterocycles. The number of benzene rings is 1. The van der Waals surface area contributed by atoms with Gasteiger partial charge in [0, 0.05) is 35.8 Å². The number of aromatic amines is 1. The molecule has 0 spiro atoms. The lowest BCUT2D eigenvalue weighted by Crippen LogP contribution is -2.37. The third-order valence-corrected chi connectivity index (χ3v) is 4.76. The fourth-order valence-corrected chi connectivity index (χ4v) is 3.28. The maximum Gasteiger partial charge on any atom is 0.229 e. The Kier molecular flexibility index (Phi) is 5.08. The molecule has 1 fully saturated rings. The summed E-state index contributed by atoms with van der Waals surface area (Å²) >= 11 is 5.88. The smallest absolute Gasteiger partial charge is 0.229 e. The first-order valence-electron chi connectivity index (χ1n) is 8.30. The van der Waals surface area contributed by atoms with Crippen LogP contribution in [0.15, 0.2) is 24.3 Å². The fraction of sp³-hybridized carbons (Fsp3) is 0.389. The third-order valence-electron chi connectivity index (χ3n) is 4.51. The zero-order valence-corrected chi connectivity index (χ0v) is 15.1. The van der Waals surface area contributed by atoms with Crippen molar-refractivity contribution in [1.82, 2.24) is 15.5 Å². The standard InChI is InChI=1S/C18H21ClN4O2/c1-11-16(12(2)22-21-11)7-8-17(24)20-14-9-18(25)23(10-14)15-5-3-13(19)4-6-15/h3-6,14H,7-10H2,1-2H3,(H,20,24)(H,21,22)/t14-/m1/s1. The van der Waals surface area contributed by atoms with Crippen LogP contribution in [0.3, 0.4) is 0 Å². The van der Waals surface area contributed by atoms with Crippen molar-refractivity contribution < 1.29 is 9.59 Å². The Bertz CT molecular complexity index is 765. The molecule has 2 heterocycles. The van der Waals surface area contributed by atoms with Gasteiger partial charge in [-0.1, -0.05) is 11.6 Å². The minimum atomic E-state index is -0.165. The number of rotatable bonds is 5. The molecule has 1 aliphatic heterocycles. The SMILES string of the molecule is Cc1n[nH]c(C)c1CCC(=O)N[C@@H]1CC(=O)N(c2ccc(Cl)cc2)C1. The van der Waals surface area contributed by atoms with Crippen LogP contribution in [0.1, 0.15) is 29.8 Å². The van der Waals surface area contributed by atoms with Crippen LogP contribution in [0.5, 0.6) is 0 Å². The summed E-state index contributed by atoms with van der Waals surface area (Å²) in [7, 11) is 0. The van der Waals surface area contributed by atoms with Gasteiger partial charge in [0.1, 0.15) is 0 Å². The Hall–Kier alpha value is -2.34. The maximum absolute atomic E-state index is 12.2. The molecular formula is C18H21ClN4O2. The number of hydrogen-bond acceptors (Lipinski definition) is 3. The Morgan fingerprint density at radius 3 is 2.72 bits per heavy atom. The number of nitrogens with zero attached hydrogens (tertiary/aromatic N) is 2. The topological polar surface area (TPSA) is 78.1 Å². The molecule has 0 aliphatic carbocycles. The number of carbonyl (C=O) groups is 2. The van der Waals surface area contributed by atoms with Gasteiger partial charge in [0.05, 0.1) is 11.7 Å². The van der Waals surface area contributed by atoms with Gasteiger partial charge in [-0.15, -0.1) is 0 Å². The van der Waals surface area contributed by atoms with E-state index in [-0.39, 0.29) is 17.9 Å². The molecule has 3 rings (SSSR count). The second kappa shape index (κ2) is 7.27.